The smallest absolute Gasteiger partial charge is 0.191 e. The molecule has 1 heterocycles. The number of hydrogen-bond donors (Lipinski definition) is 2. The molecule has 20 heavy (non-hydrogen) atoms. The number of rotatable bonds is 4. The van der Waals surface area contributed by atoms with Gasteiger partial charge in [0.25, 0.3) is 0 Å². The molecule has 3 nitrogen and oxygen atoms in total. The molecule has 0 spiro atoms. The number of aliphatic imine (C=N–C) groups is 1. The minimum absolute atomic E-state index is 0.617. The van der Waals surface area contributed by atoms with E-state index in [1.54, 1.807) is 11.3 Å². The van der Waals surface area contributed by atoms with Gasteiger partial charge >= 0.3 is 0 Å². The predicted molar refractivity (Wildman–Crippen MR) is 85.4 cm³/mol. The number of nitrogens with one attached hydrogen (secondary N) is 2. The molecular formula is C16H19N3S. The average Bonchev–Trinajstić information content (AvgIpc) is 2.96. The van der Waals surface area contributed by atoms with Gasteiger partial charge in [-0.3, -0.25) is 4.99 Å². The van der Waals surface area contributed by atoms with Gasteiger partial charge in [-0.1, -0.05) is 24.3 Å². The molecule has 1 atom stereocenters. The van der Waals surface area contributed by atoms with Crippen molar-refractivity contribution in [2.45, 2.75) is 18.9 Å². The first-order valence-corrected chi connectivity index (χ1v) is 7.84. The van der Waals surface area contributed by atoms with E-state index in [2.05, 4.69) is 56.7 Å². The Morgan fingerprint density at radius 3 is 2.95 bits per heavy atom. The Bertz CT molecular complexity index is 590. The van der Waals surface area contributed by atoms with Crippen LogP contribution in [0.4, 0.5) is 0 Å². The summed E-state index contributed by atoms with van der Waals surface area (Å²) in [4.78, 5) is 4.27. The van der Waals surface area contributed by atoms with Gasteiger partial charge < -0.3 is 10.6 Å². The monoisotopic (exact) mass is 285 g/mol. The van der Waals surface area contributed by atoms with E-state index in [1.165, 1.54) is 23.1 Å². The van der Waals surface area contributed by atoms with Crippen molar-refractivity contribution < 1.29 is 0 Å². The second kappa shape index (κ2) is 6.09. The Labute approximate surface area is 123 Å². The number of thiophene rings is 1. The molecule has 1 unspecified atom stereocenters. The quantitative estimate of drug-likeness (QED) is 0.669. The Kier molecular flexibility index (Phi) is 4.02. The van der Waals surface area contributed by atoms with Crippen LogP contribution in [0.2, 0.25) is 0 Å². The van der Waals surface area contributed by atoms with Crippen LogP contribution < -0.4 is 10.6 Å². The van der Waals surface area contributed by atoms with Gasteiger partial charge in [-0.2, -0.15) is 11.3 Å². The third kappa shape index (κ3) is 2.85. The lowest BCUT2D eigenvalue weighted by molar-refractivity contribution is 0.584. The van der Waals surface area contributed by atoms with Gasteiger partial charge in [0.05, 0.1) is 0 Å². The van der Waals surface area contributed by atoms with Crippen molar-refractivity contribution in [1.82, 2.24) is 10.6 Å². The summed E-state index contributed by atoms with van der Waals surface area (Å²) in [6, 6.07) is 10.8. The summed E-state index contributed by atoms with van der Waals surface area (Å²) in [5.74, 6) is 1.49. The zero-order valence-corrected chi connectivity index (χ0v) is 12.4. The third-order valence-electron chi connectivity index (χ3n) is 3.74. The molecule has 1 aromatic heterocycles. The fourth-order valence-electron chi connectivity index (χ4n) is 2.56. The molecule has 0 fully saturated rings. The molecule has 1 aromatic carbocycles. The molecule has 0 saturated carbocycles. The third-order valence-corrected chi connectivity index (χ3v) is 4.47. The van der Waals surface area contributed by atoms with Gasteiger partial charge in [0.15, 0.2) is 5.96 Å². The van der Waals surface area contributed by atoms with Crippen LogP contribution in [0, 0.1) is 0 Å². The molecule has 1 aliphatic rings. The van der Waals surface area contributed by atoms with Crippen molar-refractivity contribution in [3.63, 3.8) is 0 Å². The highest BCUT2D eigenvalue weighted by molar-refractivity contribution is 7.07. The molecule has 3 rings (SSSR count). The molecule has 2 N–H and O–H groups in total. The normalized spacial score (nSPS) is 17.2. The van der Waals surface area contributed by atoms with Gasteiger partial charge in [-0.15, -0.1) is 0 Å². The number of benzene rings is 1. The zero-order chi connectivity index (χ0) is 13.8. The van der Waals surface area contributed by atoms with E-state index in [1.807, 2.05) is 7.05 Å². The van der Waals surface area contributed by atoms with E-state index in [-0.39, 0.29) is 0 Å². The summed E-state index contributed by atoms with van der Waals surface area (Å²) >= 11 is 1.72. The van der Waals surface area contributed by atoms with E-state index in [4.69, 9.17) is 0 Å². The van der Waals surface area contributed by atoms with Crippen LogP contribution in [0.15, 0.2) is 46.1 Å². The topological polar surface area (TPSA) is 36.4 Å². The van der Waals surface area contributed by atoms with E-state index in [0.29, 0.717) is 5.92 Å². The Balaban J connectivity index is 1.48. The van der Waals surface area contributed by atoms with Gasteiger partial charge in [0.2, 0.25) is 0 Å². The summed E-state index contributed by atoms with van der Waals surface area (Å²) in [5, 5.41) is 11.0. The summed E-state index contributed by atoms with van der Waals surface area (Å²) < 4.78 is 0. The van der Waals surface area contributed by atoms with Crippen molar-refractivity contribution in [2.75, 3.05) is 13.6 Å². The fourth-order valence-corrected chi connectivity index (χ4v) is 3.23. The summed E-state index contributed by atoms with van der Waals surface area (Å²) in [6.45, 7) is 1.77. The highest BCUT2D eigenvalue weighted by atomic mass is 32.1. The van der Waals surface area contributed by atoms with Crippen LogP contribution >= 0.6 is 11.3 Å². The van der Waals surface area contributed by atoms with Crippen molar-refractivity contribution >= 4 is 17.3 Å². The summed E-state index contributed by atoms with van der Waals surface area (Å²) in [7, 11) is 1.82. The second-order valence-corrected chi connectivity index (χ2v) is 5.82. The summed E-state index contributed by atoms with van der Waals surface area (Å²) in [6.07, 6.45) is 1.17. The van der Waals surface area contributed by atoms with Crippen LogP contribution in [-0.2, 0) is 13.0 Å². The zero-order valence-electron chi connectivity index (χ0n) is 11.6. The molecule has 0 saturated heterocycles. The Morgan fingerprint density at radius 2 is 2.20 bits per heavy atom. The fraction of sp³-hybridized carbons (Fsp3) is 0.312. The molecule has 104 valence electrons. The van der Waals surface area contributed by atoms with Crippen LogP contribution in [0.3, 0.4) is 0 Å². The molecule has 1 aliphatic carbocycles. The molecule has 0 amide bonds. The number of fused-ring (bicyclic) bond motifs is 1. The maximum absolute atomic E-state index is 4.27. The average molecular weight is 285 g/mol. The number of guanidine groups is 1. The maximum atomic E-state index is 4.27. The first kappa shape index (κ1) is 13.2. The SMILES string of the molecule is CN=C(NCc1ccsc1)NCC1Cc2ccccc21. The lowest BCUT2D eigenvalue weighted by Crippen LogP contribution is -2.40. The first-order chi connectivity index (χ1) is 9.86. The second-order valence-electron chi connectivity index (χ2n) is 5.04. The van der Waals surface area contributed by atoms with Crippen LogP contribution in [0.5, 0.6) is 0 Å². The highest BCUT2D eigenvalue weighted by Crippen LogP contribution is 2.33. The minimum Gasteiger partial charge on any atom is -0.356 e. The number of hydrogen-bond acceptors (Lipinski definition) is 2. The standard InChI is InChI=1S/C16H19N3S/c1-17-16(18-9-12-6-7-20-11-12)19-10-14-8-13-4-2-3-5-15(13)14/h2-7,11,14H,8-10H2,1H3,(H2,17,18,19). The van der Waals surface area contributed by atoms with Crippen LogP contribution in [-0.4, -0.2) is 19.6 Å². The molecule has 2 aromatic rings. The molecular weight excluding hydrogens is 266 g/mol. The van der Waals surface area contributed by atoms with E-state index < -0.39 is 0 Å². The lowest BCUT2D eigenvalue weighted by Gasteiger charge is -2.30. The van der Waals surface area contributed by atoms with Gasteiger partial charge in [0, 0.05) is 26.1 Å². The predicted octanol–water partition coefficient (Wildman–Crippen LogP) is 2.75. The van der Waals surface area contributed by atoms with Crippen molar-refractivity contribution in [2.24, 2.45) is 4.99 Å². The Morgan fingerprint density at radius 1 is 1.30 bits per heavy atom. The largest absolute Gasteiger partial charge is 0.356 e. The van der Waals surface area contributed by atoms with Crippen LogP contribution in [0.1, 0.15) is 22.6 Å². The van der Waals surface area contributed by atoms with Crippen molar-refractivity contribution in [1.29, 1.82) is 0 Å². The Hall–Kier alpha value is -1.81. The van der Waals surface area contributed by atoms with Crippen molar-refractivity contribution in [3.05, 3.63) is 57.8 Å². The lowest BCUT2D eigenvalue weighted by atomic mass is 9.78. The number of nitrogens with zero attached hydrogens (tertiary/aromatic N) is 1. The molecule has 0 aliphatic heterocycles. The first-order valence-electron chi connectivity index (χ1n) is 6.90. The summed E-state index contributed by atoms with van der Waals surface area (Å²) in [5.41, 5.74) is 4.26. The van der Waals surface area contributed by atoms with Crippen molar-refractivity contribution in [3.8, 4) is 0 Å². The molecule has 0 radical (unpaired) electrons. The highest BCUT2D eigenvalue weighted by Gasteiger charge is 2.25. The molecule has 0 bridgehead atoms. The molecule has 4 heteroatoms. The van der Waals surface area contributed by atoms with E-state index in [0.717, 1.165) is 19.0 Å². The van der Waals surface area contributed by atoms with Gasteiger partial charge in [-0.25, -0.2) is 0 Å². The van der Waals surface area contributed by atoms with Gasteiger partial charge in [-0.05, 0) is 39.9 Å². The van der Waals surface area contributed by atoms with Crippen LogP contribution in [0.25, 0.3) is 0 Å². The maximum Gasteiger partial charge on any atom is 0.191 e. The van der Waals surface area contributed by atoms with E-state index in [9.17, 15) is 0 Å². The van der Waals surface area contributed by atoms with Gasteiger partial charge in [0.1, 0.15) is 0 Å². The minimum atomic E-state index is 0.617. The van der Waals surface area contributed by atoms with E-state index >= 15 is 0 Å².